The van der Waals surface area contributed by atoms with Crippen LogP contribution in [-0.2, 0) is 6.42 Å². The summed E-state index contributed by atoms with van der Waals surface area (Å²) in [4.78, 5) is 15.7. The van der Waals surface area contributed by atoms with E-state index in [1.807, 2.05) is 6.92 Å². The molecule has 0 spiro atoms. The molecule has 3 nitrogen and oxygen atoms in total. The van der Waals surface area contributed by atoms with Crippen molar-refractivity contribution >= 4 is 17.3 Å². The summed E-state index contributed by atoms with van der Waals surface area (Å²) in [6, 6.07) is 0. The molecule has 4 heteroatoms. The van der Waals surface area contributed by atoms with Crippen molar-refractivity contribution in [1.82, 2.24) is 4.98 Å². The number of nitrogens with zero attached hydrogens (tertiary/aromatic N) is 1. The van der Waals surface area contributed by atoms with Crippen molar-refractivity contribution < 1.29 is 9.90 Å². The monoisotopic (exact) mass is 199 g/mol. The van der Waals surface area contributed by atoms with Gasteiger partial charge in [-0.1, -0.05) is 13.8 Å². The van der Waals surface area contributed by atoms with Gasteiger partial charge in [0.25, 0.3) is 0 Å². The highest BCUT2D eigenvalue weighted by atomic mass is 32.1. The molecule has 0 radical (unpaired) electrons. The molecular formula is C9H13NO2S. The predicted molar refractivity (Wildman–Crippen MR) is 52.4 cm³/mol. The van der Waals surface area contributed by atoms with Gasteiger partial charge in [-0.25, -0.2) is 9.78 Å². The Morgan fingerprint density at radius 2 is 2.23 bits per heavy atom. The van der Waals surface area contributed by atoms with Gasteiger partial charge in [0.05, 0.1) is 5.69 Å². The van der Waals surface area contributed by atoms with E-state index >= 15 is 0 Å². The van der Waals surface area contributed by atoms with Gasteiger partial charge >= 0.3 is 5.97 Å². The van der Waals surface area contributed by atoms with Crippen LogP contribution in [0.5, 0.6) is 0 Å². The van der Waals surface area contributed by atoms with E-state index in [2.05, 4.69) is 18.8 Å². The third-order valence-electron chi connectivity index (χ3n) is 1.68. The van der Waals surface area contributed by atoms with Gasteiger partial charge < -0.3 is 5.11 Å². The van der Waals surface area contributed by atoms with Crippen molar-refractivity contribution in [2.75, 3.05) is 0 Å². The molecule has 0 aliphatic rings. The van der Waals surface area contributed by atoms with Crippen molar-refractivity contribution in [2.45, 2.75) is 27.2 Å². The molecule has 13 heavy (non-hydrogen) atoms. The summed E-state index contributed by atoms with van der Waals surface area (Å²) in [6.07, 6.45) is 0.857. The molecule has 72 valence electrons. The Bertz CT molecular complexity index is 317. The minimum Gasteiger partial charge on any atom is -0.476 e. The molecule has 1 aromatic heterocycles. The van der Waals surface area contributed by atoms with Crippen LogP contribution < -0.4 is 0 Å². The first-order valence-corrected chi connectivity index (χ1v) is 5.02. The van der Waals surface area contributed by atoms with Crippen LogP contribution in [0.3, 0.4) is 0 Å². The molecule has 0 aromatic carbocycles. The van der Waals surface area contributed by atoms with Gasteiger partial charge in [-0.15, -0.1) is 11.3 Å². The molecule has 0 atom stereocenters. The predicted octanol–water partition coefficient (Wildman–Crippen LogP) is 2.35. The highest BCUT2D eigenvalue weighted by Gasteiger charge is 2.13. The van der Waals surface area contributed by atoms with Crippen LogP contribution in [0.2, 0.25) is 0 Å². The lowest BCUT2D eigenvalue weighted by Crippen LogP contribution is -1.99. The average Bonchev–Trinajstić information content (AvgIpc) is 2.31. The fourth-order valence-electron chi connectivity index (χ4n) is 1.10. The Balaban J connectivity index is 2.90. The van der Waals surface area contributed by atoms with Gasteiger partial charge in [0.15, 0.2) is 0 Å². The van der Waals surface area contributed by atoms with Crippen molar-refractivity contribution in [3.8, 4) is 0 Å². The molecule has 0 fully saturated rings. The Morgan fingerprint density at radius 3 is 2.62 bits per heavy atom. The molecule has 1 heterocycles. The summed E-state index contributed by atoms with van der Waals surface area (Å²) >= 11 is 1.25. The molecule has 0 saturated carbocycles. The number of aryl methyl sites for hydroxylation is 1. The maximum atomic E-state index is 10.6. The van der Waals surface area contributed by atoms with E-state index in [0.717, 1.165) is 17.0 Å². The molecule has 0 unspecified atom stereocenters. The lowest BCUT2D eigenvalue weighted by atomic mass is 10.1. The van der Waals surface area contributed by atoms with Crippen LogP contribution in [0.25, 0.3) is 0 Å². The highest BCUT2D eigenvalue weighted by molar-refractivity contribution is 7.13. The number of aromatic nitrogens is 1. The largest absolute Gasteiger partial charge is 0.476 e. The first-order valence-electron chi connectivity index (χ1n) is 4.20. The third kappa shape index (κ3) is 2.52. The third-order valence-corrected chi connectivity index (χ3v) is 2.68. The molecule has 0 saturated heterocycles. The fraction of sp³-hybridized carbons (Fsp3) is 0.556. The van der Waals surface area contributed by atoms with Crippen LogP contribution in [-0.4, -0.2) is 16.1 Å². The second-order valence-corrected chi connectivity index (χ2v) is 4.63. The Labute approximate surface area is 81.4 Å². The first kappa shape index (κ1) is 10.2. The molecule has 1 N–H and O–H groups in total. The average molecular weight is 199 g/mol. The van der Waals surface area contributed by atoms with Crippen molar-refractivity contribution in [2.24, 2.45) is 5.92 Å². The number of rotatable bonds is 3. The van der Waals surface area contributed by atoms with E-state index in [4.69, 9.17) is 5.11 Å². The SMILES string of the molecule is Cc1sc(C(=O)O)nc1CC(C)C. The van der Waals surface area contributed by atoms with E-state index in [0.29, 0.717) is 5.92 Å². The quantitative estimate of drug-likeness (QED) is 0.813. The smallest absolute Gasteiger partial charge is 0.365 e. The number of carbonyl (C=O) groups is 1. The number of aromatic carboxylic acids is 1. The highest BCUT2D eigenvalue weighted by Crippen LogP contribution is 2.19. The molecule has 0 amide bonds. The number of carboxylic acid groups (broad SMARTS) is 1. The zero-order valence-corrected chi connectivity index (χ0v) is 8.81. The summed E-state index contributed by atoms with van der Waals surface area (Å²) in [6.45, 7) is 6.11. The molecule has 0 aliphatic carbocycles. The van der Waals surface area contributed by atoms with Gasteiger partial charge in [0.2, 0.25) is 5.01 Å². The summed E-state index contributed by atoms with van der Waals surface area (Å²) < 4.78 is 0. The lowest BCUT2D eigenvalue weighted by molar-refractivity contribution is 0.0696. The van der Waals surface area contributed by atoms with E-state index in [9.17, 15) is 4.79 Å². The van der Waals surface area contributed by atoms with Crippen molar-refractivity contribution in [3.63, 3.8) is 0 Å². The maximum absolute atomic E-state index is 10.6. The van der Waals surface area contributed by atoms with Crippen LogP contribution in [0, 0.1) is 12.8 Å². The number of carboxylic acids is 1. The second-order valence-electron chi connectivity index (χ2n) is 3.43. The number of hydrogen-bond donors (Lipinski definition) is 1. The molecular weight excluding hydrogens is 186 g/mol. The standard InChI is InChI=1S/C9H13NO2S/c1-5(2)4-7-6(3)13-8(10-7)9(11)12/h5H,4H2,1-3H3,(H,11,12). The van der Waals surface area contributed by atoms with Gasteiger partial charge in [-0.3, -0.25) is 0 Å². The molecule has 0 bridgehead atoms. The number of thiazole rings is 1. The Hall–Kier alpha value is -0.900. The van der Waals surface area contributed by atoms with Crippen LogP contribution in [0.15, 0.2) is 0 Å². The van der Waals surface area contributed by atoms with Crippen molar-refractivity contribution in [1.29, 1.82) is 0 Å². The van der Waals surface area contributed by atoms with Gasteiger partial charge in [-0.05, 0) is 19.3 Å². The summed E-state index contributed by atoms with van der Waals surface area (Å²) in [5, 5.41) is 8.91. The zero-order chi connectivity index (χ0) is 10.0. The van der Waals surface area contributed by atoms with Crippen LogP contribution in [0.4, 0.5) is 0 Å². The summed E-state index contributed by atoms with van der Waals surface area (Å²) in [5.41, 5.74) is 0.928. The van der Waals surface area contributed by atoms with Crippen LogP contribution in [0.1, 0.15) is 34.2 Å². The van der Waals surface area contributed by atoms with Gasteiger partial charge in [0.1, 0.15) is 0 Å². The summed E-state index contributed by atoms with van der Waals surface area (Å²) in [5.74, 6) is -0.412. The molecule has 1 rings (SSSR count). The summed E-state index contributed by atoms with van der Waals surface area (Å²) in [7, 11) is 0. The minimum atomic E-state index is -0.928. The second kappa shape index (κ2) is 3.87. The molecule has 1 aromatic rings. The normalized spacial score (nSPS) is 10.8. The van der Waals surface area contributed by atoms with E-state index < -0.39 is 5.97 Å². The van der Waals surface area contributed by atoms with Crippen molar-refractivity contribution in [3.05, 3.63) is 15.6 Å². The zero-order valence-electron chi connectivity index (χ0n) is 8.00. The maximum Gasteiger partial charge on any atom is 0.365 e. The fourth-order valence-corrected chi connectivity index (χ4v) is 1.88. The van der Waals surface area contributed by atoms with Crippen LogP contribution >= 0.6 is 11.3 Å². The topological polar surface area (TPSA) is 50.2 Å². The lowest BCUT2D eigenvalue weighted by Gasteiger charge is -2.00. The van der Waals surface area contributed by atoms with E-state index in [1.165, 1.54) is 11.3 Å². The number of hydrogen-bond acceptors (Lipinski definition) is 3. The molecule has 0 aliphatic heterocycles. The van der Waals surface area contributed by atoms with E-state index in [1.54, 1.807) is 0 Å². The minimum absolute atomic E-state index is 0.202. The Morgan fingerprint density at radius 1 is 1.62 bits per heavy atom. The Kier molecular flexibility index (Phi) is 3.03. The first-order chi connectivity index (χ1) is 6.00. The van der Waals surface area contributed by atoms with E-state index in [-0.39, 0.29) is 5.01 Å². The van der Waals surface area contributed by atoms with Gasteiger partial charge in [-0.2, -0.15) is 0 Å². The van der Waals surface area contributed by atoms with Gasteiger partial charge in [0, 0.05) is 4.88 Å².